The molecule has 0 amide bonds. The summed E-state index contributed by atoms with van der Waals surface area (Å²) in [6.45, 7) is 8.41. The van der Waals surface area contributed by atoms with E-state index in [0.29, 0.717) is 103 Å². The molecule has 310 valence electrons. The highest BCUT2D eigenvalue weighted by Gasteiger charge is 2.14. The summed E-state index contributed by atoms with van der Waals surface area (Å²) in [5.41, 5.74) is 3.09. The molecule has 1 heterocycles. The van der Waals surface area contributed by atoms with Crippen molar-refractivity contribution in [2.24, 2.45) is 0 Å². The molecule has 0 unspecified atom stereocenters. The van der Waals surface area contributed by atoms with Crippen LogP contribution in [-0.4, -0.2) is 98.5 Å². The van der Waals surface area contributed by atoms with Gasteiger partial charge in [-0.05, 0) is 55.3 Å². The van der Waals surface area contributed by atoms with Crippen LogP contribution in [0.4, 0.5) is 0 Å². The maximum atomic E-state index is 12.8. The fourth-order valence-corrected chi connectivity index (χ4v) is 6.07. The molecule has 0 aliphatic carbocycles. The molecule has 0 fully saturated rings. The zero-order valence-electron chi connectivity index (χ0n) is 33.5. The molecule has 0 bridgehead atoms. The maximum Gasteiger partial charge on any atom is 0.338 e. The summed E-state index contributed by atoms with van der Waals surface area (Å²) in [5.74, 6) is 1.58. The lowest BCUT2D eigenvalue weighted by molar-refractivity contribution is -0.686. The van der Waals surface area contributed by atoms with Gasteiger partial charge in [-0.15, -0.1) is 0 Å². The molecule has 0 saturated carbocycles. The van der Waals surface area contributed by atoms with Gasteiger partial charge in [0.25, 0.3) is 0 Å². The van der Waals surface area contributed by atoms with E-state index in [4.69, 9.17) is 42.6 Å². The van der Waals surface area contributed by atoms with Crippen LogP contribution in [-0.2, 0) is 41.5 Å². The Morgan fingerprint density at radius 1 is 0.482 bits per heavy atom. The number of rotatable bonds is 19. The fraction of sp³-hybridized carbons (Fsp3) is 0.578. The van der Waals surface area contributed by atoms with Crippen molar-refractivity contribution in [3.63, 3.8) is 0 Å². The summed E-state index contributed by atoms with van der Waals surface area (Å²) in [6, 6.07) is 24.2. The molecule has 0 aromatic heterocycles. The van der Waals surface area contributed by atoms with Crippen LogP contribution in [0, 0.1) is 0 Å². The topological polar surface area (TPSA) is 117 Å². The van der Waals surface area contributed by atoms with Gasteiger partial charge in [0.15, 0.2) is 11.5 Å². The van der Waals surface area contributed by atoms with E-state index in [1.54, 1.807) is 18.2 Å². The molecule has 1 aliphatic rings. The maximum absolute atomic E-state index is 12.8. The van der Waals surface area contributed by atoms with Crippen LogP contribution < -0.4 is 19.5 Å². The molecule has 2 N–H and O–H groups in total. The molecule has 1 aliphatic heterocycles. The van der Waals surface area contributed by atoms with Crippen LogP contribution in [0.2, 0.25) is 0 Å². The molecule has 11 nitrogen and oxygen atoms in total. The Hall–Kier alpha value is -3.71. The molecule has 3 aromatic rings. The fourth-order valence-electron chi connectivity index (χ4n) is 6.07. The number of benzene rings is 3. The van der Waals surface area contributed by atoms with E-state index in [0.717, 1.165) is 51.1 Å². The van der Waals surface area contributed by atoms with Crippen LogP contribution in [0.3, 0.4) is 0 Å². The highest BCUT2D eigenvalue weighted by Crippen LogP contribution is 2.29. The number of unbranched alkanes of at least 4 members (excludes halogenated alkanes) is 9. The van der Waals surface area contributed by atoms with E-state index in [-0.39, 0.29) is 5.97 Å². The Morgan fingerprint density at radius 3 is 1.50 bits per heavy atom. The van der Waals surface area contributed by atoms with Crippen LogP contribution in [0.15, 0.2) is 72.8 Å². The van der Waals surface area contributed by atoms with Crippen molar-refractivity contribution in [2.45, 2.75) is 77.3 Å². The highest BCUT2D eigenvalue weighted by atomic mass is 16.6. The Balaban J connectivity index is 0.992. The Morgan fingerprint density at radius 2 is 0.946 bits per heavy atom. The predicted octanol–water partition coefficient (Wildman–Crippen LogP) is 6.94. The lowest BCUT2D eigenvalue weighted by atomic mass is 10.1. The number of hydrogen-bond acceptors (Lipinski definition) is 10. The first-order valence-electron chi connectivity index (χ1n) is 20.8. The first-order chi connectivity index (χ1) is 27.8. The highest BCUT2D eigenvalue weighted by molar-refractivity contribution is 5.90. The second-order valence-electron chi connectivity index (χ2n) is 13.8. The molecule has 0 radical (unpaired) electrons. The number of ether oxygens (including phenoxy) is 9. The largest absolute Gasteiger partial charge is 0.494 e. The molecule has 0 spiro atoms. The monoisotopic (exact) mass is 780 g/mol. The van der Waals surface area contributed by atoms with E-state index < -0.39 is 0 Å². The smallest absolute Gasteiger partial charge is 0.338 e. The zero-order chi connectivity index (χ0) is 39.0. The van der Waals surface area contributed by atoms with Gasteiger partial charge < -0.3 is 47.9 Å². The minimum Gasteiger partial charge on any atom is -0.494 e. The first kappa shape index (κ1) is 45.0. The summed E-state index contributed by atoms with van der Waals surface area (Å²) >= 11 is 0. The minimum absolute atomic E-state index is 0.298. The second-order valence-corrected chi connectivity index (χ2v) is 13.8. The van der Waals surface area contributed by atoms with Crippen LogP contribution in [0.1, 0.15) is 85.7 Å². The molecule has 56 heavy (non-hydrogen) atoms. The molecular weight excluding hydrogens is 714 g/mol. The summed E-state index contributed by atoms with van der Waals surface area (Å²) in [6.07, 6.45) is 11.6. The minimum atomic E-state index is -0.369. The molecule has 3 aromatic carbocycles. The van der Waals surface area contributed by atoms with Gasteiger partial charge in [-0.2, -0.15) is 0 Å². The quantitative estimate of drug-likeness (QED) is 0.101. The van der Waals surface area contributed by atoms with Gasteiger partial charge in [0.05, 0.1) is 84.8 Å². The van der Waals surface area contributed by atoms with Crippen molar-refractivity contribution >= 4 is 5.97 Å². The SMILES string of the molecule is O=C(OCCCCCCCCCCCCOc1ccc(C[NH2+]Cc2ccccc2)cc1)c1ccc2c(c1)OCCOCCOCCOCCOCCOCCO2. The Bertz CT molecular complexity index is 1410. The molecule has 11 heteroatoms. The lowest BCUT2D eigenvalue weighted by Crippen LogP contribution is -2.80. The number of nitrogens with two attached hydrogens (primary N) is 1. The predicted molar refractivity (Wildman–Crippen MR) is 216 cm³/mol. The van der Waals surface area contributed by atoms with Gasteiger partial charge in [-0.1, -0.05) is 81.7 Å². The summed E-state index contributed by atoms with van der Waals surface area (Å²) in [7, 11) is 0. The average Bonchev–Trinajstić information content (AvgIpc) is 3.22. The third-order valence-electron chi connectivity index (χ3n) is 9.20. The van der Waals surface area contributed by atoms with E-state index >= 15 is 0 Å². The van der Waals surface area contributed by atoms with Crippen molar-refractivity contribution in [3.8, 4) is 17.2 Å². The molecule has 4 rings (SSSR count). The number of esters is 1. The normalized spacial score (nSPS) is 15.4. The summed E-state index contributed by atoms with van der Waals surface area (Å²) in [5, 5.41) is 2.33. The number of fused-ring (bicyclic) bond motifs is 1. The van der Waals surface area contributed by atoms with Crippen molar-refractivity contribution in [3.05, 3.63) is 89.5 Å². The van der Waals surface area contributed by atoms with Crippen LogP contribution in [0.5, 0.6) is 17.2 Å². The third-order valence-corrected chi connectivity index (χ3v) is 9.20. The van der Waals surface area contributed by atoms with Crippen molar-refractivity contribution < 1.29 is 52.7 Å². The van der Waals surface area contributed by atoms with E-state index in [1.807, 2.05) is 0 Å². The van der Waals surface area contributed by atoms with Gasteiger partial charge in [0.2, 0.25) is 0 Å². The van der Waals surface area contributed by atoms with E-state index in [1.165, 1.54) is 49.7 Å². The lowest BCUT2D eigenvalue weighted by Gasteiger charge is -2.14. The Labute approximate surface area is 334 Å². The van der Waals surface area contributed by atoms with Gasteiger partial charge in [0.1, 0.15) is 32.1 Å². The van der Waals surface area contributed by atoms with E-state index in [2.05, 4.69) is 59.9 Å². The molecule has 0 atom stereocenters. The van der Waals surface area contributed by atoms with Crippen molar-refractivity contribution in [1.29, 1.82) is 0 Å². The standard InChI is InChI=1S/C45H65NO10/c47-45(41-18-21-43-44(36-41)55-35-33-52-31-29-50-27-25-48-24-26-49-28-30-51-32-34-54-43)56-23-13-8-6-4-2-1-3-5-7-12-22-53-42-19-16-40(17-20-42)38-46-37-39-14-10-9-11-15-39/h9-11,14-21,36,46H,1-8,12-13,22-35,37-38H2/p+1. The summed E-state index contributed by atoms with van der Waals surface area (Å²) in [4.78, 5) is 12.8. The van der Waals surface area contributed by atoms with Gasteiger partial charge >= 0.3 is 5.97 Å². The number of carbonyl (C=O) groups is 1. The number of carbonyl (C=O) groups excluding carboxylic acids is 1. The van der Waals surface area contributed by atoms with Crippen molar-refractivity contribution in [1.82, 2.24) is 0 Å². The number of quaternary nitrogens is 1. The van der Waals surface area contributed by atoms with E-state index in [9.17, 15) is 4.79 Å². The Kier molecular flexibility index (Phi) is 24.5. The summed E-state index contributed by atoms with van der Waals surface area (Å²) < 4.78 is 51.1. The van der Waals surface area contributed by atoms with Gasteiger partial charge in [0, 0.05) is 11.1 Å². The van der Waals surface area contributed by atoms with Crippen LogP contribution >= 0.6 is 0 Å². The van der Waals surface area contributed by atoms with Gasteiger partial charge in [-0.3, -0.25) is 0 Å². The van der Waals surface area contributed by atoms with Crippen molar-refractivity contribution in [2.75, 3.05) is 92.5 Å². The second kappa shape index (κ2) is 30.4. The average molecular weight is 781 g/mol. The third kappa shape index (κ3) is 21.0. The van der Waals surface area contributed by atoms with Crippen LogP contribution in [0.25, 0.3) is 0 Å². The number of hydrogen-bond donors (Lipinski definition) is 1. The van der Waals surface area contributed by atoms with Gasteiger partial charge in [-0.25, -0.2) is 4.79 Å². The molecular formula is C45H66NO10+. The zero-order valence-corrected chi connectivity index (χ0v) is 33.5. The first-order valence-corrected chi connectivity index (χ1v) is 20.8. The molecule has 0 saturated heterocycles.